The Morgan fingerprint density at radius 2 is 1.00 bits per heavy atom. The molecule has 370 valence electrons. The second kappa shape index (κ2) is 21.6. The van der Waals surface area contributed by atoms with Gasteiger partial charge in [0.25, 0.3) is 0 Å². The van der Waals surface area contributed by atoms with Gasteiger partial charge in [0.15, 0.2) is 0 Å². The summed E-state index contributed by atoms with van der Waals surface area (Å²) in [5.41, 5.74) is 18.5. The number of hydrogen-bond donors (Lipinski definition) is 0. The molecule has 1 aliphatic carbocycles. The van der Waals surface area contributed by atoms with Crippen LogP contribution in [0.25, 0.3) is 66.1 Å². The lowest BCUT2D eigenvalue weighted by Crippen LogP contribution is -2.32. The first-order valence-corrected chi connectivity index (χ1v) is 26.3. The van der Waals surface area contributed by atoms with Gasteiger partial charge in [-0.2, -0.15) is 0 Å². The fourth-order valence-corrected chi connectivity index (χ4v) is 11.5. The molecular weight excluding hydrogens is 931 g/mol. The number of ether oxygens (including phenoxy) is 1. The Balaban J connectivity index is 0.00000121. The van der Waals surface area contributed by atoms with Crippen molar-refractivity contribution in [3.05, 3.63) is 333 Å². The first-order chi connectivity index (χ1) is 37.9. The van der Waals surface area contributed by atoms with Crippen LogP contribution < -0.4 is 9.64 Å². The summed E-state index contributed by atoms with van der Waals surface area (Å²) in [6.45, 7) is 20.0. The minimum Gasteiger partial charge on any atom is -0.455 e. The maximum Gasteiger partial charge on any atom is 0.140 e. The van der Waals surface area contributed by atoms with Crippen molar-refractivity contribution >= 4 is 49.8 Å². The van der Waals surface area contributed by atoms with Crippen LogP contribution in [0.5, 0.6) is 11.5 Å². The second-order valence-corrected chi connectivity index (χ2v) is 19.2. The van der Waals surface area contributed by atoms with Crippen molar-refractivity contribution < 1.29 is 4.74 Å². The smallest absolute Gasteiger partial charge is 0.140 e. The quantitative estimate of drug-likeness (QED) is 0.120. The molecule has 0 aromatic heterocycles. The van der Waals surface area contributed by atoms with Crippen LogP contribution in [-0.4, -0.2) is 0 Å². The molecule has 2 heteroatoms. The van der Waals surface area contributed by atoms with Crippen LogP contribution >= 0.6 is 0 Å². The average molecular weight is 990 g/mol. The van der Waals surface area contributed by atoms with Crippen LogP contribution in [-0.2, 0) is 5.41 Å². The number of allylic oxidation sites excluding steroid dienone is 12. The Hall–Kier alpha value is -9.76. The van der Waals surface area contributed by atoms with Gasteiger partial charge in [0.05, 0.1) is 5.41 Å². The van der Waals surface area contributed by atoms with Gasteiger partial charge in [-0.25, -0.2) is 0 Å². The van der Waals surface area contributed by atoms with Crippen molar-refractivity contribution in [2.24, 2.45) is 0 Å². The Labute approximate surface area is 453 Å². The molecule has 12 rings (SSSR count). The minimum absolute atomic E-state index is 0.672. The maximum absolute atomic E-state index is 7.20. The summed E-state index contributed by atoms with van der Waals surface area (Å²) in [5.74, 6) is 1.80. The Morgan fingerprint density at radius 3 is 1.56 bits per heavy atom. The third-order valence-corrected chi connectivity index (χ3v) is 14.9. The highest BCUT2D eigenvalue weighted by molar-refractivity contribution is 6.03. The molecule has 10 aromatic rings. The van der Waals surface area contributed by atoms with Crippen molar-refractivity contribution in [1.82, 2.24) is 0 Å². The highest BCUT2D eigenvalue weighted by atomic mass is 16.5. The van der Waals surface area contributed by atoms with Gasteiger partial charge in [0, 0.05) is 39.0 Å². The molecule has 0 unspecified atom stereocenters. The molecular formula is C75H59NO. The van der Waals surface area contributed by atoms with E-state index in [1.54, 1.807) is 6.08 Å². The summed E-state index contributed by atoms with van der Waals surface area (Å²) in [5, 5.41) is 4.49. The zero-order valence-electron chi connectivity index (χ0n) is 43.7. The van der Waals surface area contributed by atoms with Crippen molar-refractivity contribution in [2.75, 3.05) is 4.90 Å². The summed E-state index contributed by atoms with van der Waals surface area (Å²) < 4.78 is 7.20. The first-order valence-electron chi connectivity index (χ1n) is 26.3. The fraction of sp³-hybridized carbons (Fsp3) is 0.0400. The topological polar surface area (TPSA) is 12.5 Å². The summed E-state index contributed by atoms with van der Waals surface area (Å²) in [6, 6.07) is 79.0. The highest BCUT2D eigenvalue weighted by Crippen LogP contribution is 2.65. The lowest BCUT2D eigenvalue weighted by Gasteiger charge is -2.40. The summed E-state index contributed by atoms with van der Waals surface area (Å²) >= 11 is 0. The van der Waals surface area contributed by atoms with Crippen molar-refractivity contribution in [1.29, 1.82) is 0 Å². The molecule has 0 saturated carbocycles. The normalized spacial score (nSPS) is 14.1. The maximum atomic E-state index is 7.20. The Kier molecular flexibility index (Phi) is 13.9. The van der Waals surface area contributed by atoms with E-state index >= 15 is 0 Å². The van der Waals surface area contributed by atoms with Crippen LogP contribution in [0.4, 0.5) is 17.1 Å². The number of fused-ring (bicyclic) bond motifs is 10. The van der Waals surface area contributed by atoms with Crippen LogP contribution in [0.2, 0.25) is 0 Å². The number of rotatable bonds is 11. The fourth-order valence-electron chi connectivity index (χ4n) is 11.5. The van der Waals surface area contributed by atoms with E-state index in [-0.39, 0.29) is 0 Å². The lowest BCUT2D eigenvalue weighted by atomic mass is 9.64. The molecule has 1 heterocycles. The van der Waals surface area contributed by atoms with E-state index in [1.165, 1.54) is 22.3 Å². The number of nitrogens with zero attached hydrogens (tertiary/aromatic N) is 1. The average Bonchev–Trinajstić information content (AvgIpc) is 3.77. The van der Waals surface area contributed by atoms with E-state index in [9.17, 15) is 0 Å². The summed E-state index contributed by atoms with van der Waals surface area (Å²) in [4.78, 5) is 2.33. The zero-order valence-corrected chi connectivity index (χ0v) is 43.7. The molecule has 0 fully saturated rings. The van der Waals surface area contributed by atoms with E-state index in [0.29, 0.717) is 0 Å². The van der Waals surface area contributed by atoms with E-state index in [2.05, 4.69) is 269 Å². The molecule has 77 heavy (non-hydrogen) atoms. The SMILES string of the molecule is C=C/C=C(\C=C)c1cc(-c2ccccc2)cc(N(c2ccccc2)c2ccc(-c3ccc(-c4ccc5c(c4)C4(C(=C/C=C)/C5=C\C)c5ccc6ccccc6c5Oc5c4ccc4ccccc54)cc3)cc2)c1.C=C/C=C\C. The molecule has 2 nitrogen and oxygen atoms in total. The van der Waals surface area contributed by atoms with Gasteiger partial charge in [0.2, 0.25) is 0 Å². The van der Waals surface area contributed by atoms with Gasteiger partial charge in [-0.05, 0) is 140 Å². The molecule has 0 amide bonds. The predicted octanol–water partition coefficient (Wildman–Crippen LogP) is 20.9. The molecule has 10 aromatic carbocycles. The van der Waals surface area contributed by atoms with Crippen LogP contribution in [0.3, 0.4) is 0 Å². The zero-order chi connectivity index (χ0) is 52.9. The van der Waals surface area contributed by atoms with Crippen molar-refractivity contribution in [2.45, 2.75) is 19.3 Å². The number of benzene rings is 10. The first kappa shape index (κ1) is 49.5. The van der Waals surface area contributed by atoms with Crippen LogP contribution in [0, 0.1) is 0 Å². The number of para-hydroxylation sites is 1. The molecule has 0 saturated heterocycles. The van der Waals surface area contributed by atoms with E-state index in [0.717, 1.165) is 106 Å². The Bertz CT molecular complexity index is 3930. The van der Waals surface area contributed by atoms with Crippen LogP contribution in [0.1, 0.15) is 41.7 Å². The monoisotopic (exact) mass is 989 g/mol. The number of hydrogen-bond acceptors (Lipinski definition) is 2. The molecule has 0 N–H and O–H groups in total. The third kappa shape index (κ3) is 8.90. The summed E-state index contributed by atoms with van der Waals surface area (Å²) in [6.07, 6.45) is 17.7. The van der Waals surface area contributed by atoms with E-state index < -0.39 is 5.41 Å². The van der Waals surface area contributed by atoms with Gasteiger partial charge in [0.1, 0.15) is 11.5 Å². The Morgan fingerprint density at radius 1 is 0.455 bits per heavy atom. The molecule has 1 aliphatic heterocycles. The van der Waals surface area contributed by atoms with Crippen molar-refractivity contribution in [3.63, 3.8) is 0 Å². The van der Waals surface area contributed by atoms with Crippen LogP contribution in [0.15, 0.2) is 305 Å². The second-order valence-electron chi connectivity index (χ2n) is 19.2. The largest absolute Gasteiger partial charge is 0.455 e. The third-order valence-electron chi connectivity index (χ3n) is 14.9. The van der Waals surface area contributed by atoms with E-state index in [4.69, 9.17) is 4.74 Å². The van der Waals surface area contributed by atoms with Gasteiger partial charge >= 0.3 is 0 Å². The lowest BCUT2D eigenvalue weighted by molar-refractivity contribution is 0.447. The van der Waals surface area contributed by atoms with Gasteiger partial charge in [-0.3, -0.25) is 0 Å². The molecule has 0 radical (unpaired) electrons. The van der Waals surface area contributed by atoms with Gasteiger partial charge in [-0.15, -0.1) is 0 Å². The predicted molar refractivity (Wildman–Crippen MR) is 331 cm³/mol. The molecule has 0 bridgehead atoms. The molecule has 1 spiro atoms. The minimum atomic E-state index is -0.672. The molecule has 0 atom stereocenters. The summed E-state index contributed by atoms with van der Waals surface area (Å²) in [7, 11) is 0. The van der Waals surface area contributed by atoms with Gasteiger partial charge < -0.3 is 9.64 Å². The van der Waals surface area contributed by atoms with E-state index in [1.807, 2.05) is 43.4 Å². The van der Waals surface area contributed by atoms with Crippen molar-refractivity contribution in [3.8, 4) is 44.9 Å². The number of anilines is 3. The molecule has 2 aliphatic rings. The van der Waals surface area contributed by atoms with Gasteiger partial charge in [-0.1, -0.05) is 251 Å². The standard InChI is InChI=1S/C70H51NO.C5H8/c1-5-19-47(7-3)55-43-56(48-21-11-9-12-22-48)45-59(44-55)71(57-25-13-10-14-26-57)58-38-33-50(34-39-58)49-29-31-51(32-30-49)54-35-40-63-60(8-4)64(20-6-2)70(67(63)46-54)65-41-36-52-23-15-17-27-61(52)68(65)72-69-62-28-18-16-24-53(62)37-42-66(69)70;1-3-5-4-2/h5-46H,1-3H2,4H3;3-5H,1H2,2H3/b47-19+,60-8-,64-20+;5-4-. The highest BCUT2D eigenvalue weighted by Gasteiger charge is 2.53.